The molecule has 2 N–H and O–H groups in total. The lowest BCUT2D eigenvalue weighted by Crippen LogP contribution is -2.54. The first-order valence-electron chi connectivity index (χ1n) is 22.7. The average molecular weight is 944 g/mol. The largest absolute Gasteiger partial charge is 0.368 e. The van der Waals surface area contributed by atoms with Crippen molar-refractivity contribution >= 4 is 74.2 Å². The lowest BCUT2D eigenvalue weighted by Gasteiger charge is -2.39. The maximum atomic E-state index is 16.0. The number of hydrogen-bond acceptors (Lipinski definition) is 12. The zero-order valence-electron chi connectivity index (χ0n) is 37.2. The summed E-state index contributed by atoms with van der Waals surface area (Å²) in [5.74, 6) is -1.87. The number of thiazole rings is 1. The number of aromatic nitrogens is 5. The molecule has 18 nitrogen and oxygen atoms in total. The third-order valence-corrected chi connectivity index (χ3v) is 14.5. The molecule has 350 valence electrons. The van der Waals surface area contributed by atoms with Gasteiger partial charge in [-0.05, 0) is 60.4 Å². The summed E-state index contributed by atoms with van der Waals surface area (Å²) in [7, 11) is 1.73. The maximum absolute atomic E-state index is 16.0. The zero-order chi connectivity index (χ0) is 46.8. The van der Waals surface area contributed by atoms with Crippen molar-refractivity contribution in [2.45, 2.75) is 38.4 Å². The highest BCUT2D eigenvalue weighted by molar-refractivity contribution is 7.13. The number of rotatable bonds is 10. The normalized spacial score (nSPS) is 18.1. The second-order valence-electron chi connectivity index (χ2n) is 17.7. The van der Waals surface area contributed by atoms with Crippen LogP contribution in [0.25, 0.3) is 22.0 Å². The molecular weight excluding hydrogens is 897 g/mol. The number of aryl methyl sites for hydroxylation is 2. The number of amides is 6. The number of imidazole rings is 1. The van der Waals surface area contributed by atoms with Crippen molar-refractivity contribution < 1.29 is 32.8 Å². The van der Waals surface area contributed by atoms with E-state index in [4.69, 9.17) is 0 Å². The number of imide groups is 1. The number of carbonyl (C=O) groups excluding carboxylic acids is 5. The Morgan fingerprint density at radius 3 is 2.38 bits per heavy atom. The molecule has 0 radical (unpaired) electrons. The topological polar surface area (TPSA) is 177 Å². The molecule has 3 fully saturated rings. The van der Waals surface area contributed by atoms with Gasteiger partial charge in [-0.15, -0.1) is 11.3 Å². The fourth-order valence-corrected chi connectivity index (χ4v) is 10.7. The van der Waals surface area contributed by atoms with Crippen LogP contribution in [0.1, 0.15) is 46.2 Å². The van der Waals surface area contributed by atoms with Gasteiger partial charge >= 0.3 is 6.03 Å². The number of fused-ring (bicyclic) bond motifs is 3. The molecule has 0 saturated carbocycles. The minimum atomic E-state index is -1.07. The molecule has 6 aromatic rings. The molecule has 0 spiro atoms. The number of piperazine rings is 2. The molecule has 1 atom stereocenters. The van der Waals surface area contributed by atoms with E-state index in [-0.39, 0.29) is 49.0 Å². The summed E-state index contributed by atoms with van der Waals surface area (Å²) in [6, 6.07) is 12.4. The number of nitrogens with zero attached hydrogens (tertiary/aromatic N) is 11. The molecule has 0 bridgehead atoms. The van der Waals surface area contributed by atoms with Gasteiger partial charge in [-0.1, -0.05) is 12.1 Å². The Hall–Kier alpha value is -7.26. The van der Waals surface area contributed by atoms with Crippen LogP contribution in [-0.4, -0.2) is 134 Å². The van der Waals surface area contributed by atoms with Crippen LogP contribution in [0.4, 0.5) is 35.9 Å². The van der Waals surface area contributed by atoms with Gasteiger partial charge in [0.25, 0.3) is 11.8 Å². The van der Waals surface area contributed by atoms with Gasteiger partial charge in [0.15, 0.2) is 17.0 Å². The fraction of sp³-hybridized carbons (Fsp3) is 0.362. The number of nitrogens with one attached hydrogen (secondary N) is 2. The number of benzene rings is 3. The molecule has 3 aromatic heterocycles. The predicted molar refractivity (Wildman–Crippen MR) is 249 cm³/mol. The van der Waals surface area contributed by atoms with Crippen LogP contribution in [0.2, 0.25) is 0 Å². The van der Waals surface area contributed by atoms with Gasteiger partial charge < -0.3 is 24.2 Å². The first kappa shape index (κ1) is 43.3. The van der Waals surface area contributed by atoms with Crippen LogP contribution >= 0.6 is 11.3 Å². The Labute approximate surface area is 392 Å². The van der Waals surface area contributed by atoms with Gasteiger partial charge in [0, 0.05) is 118 Å². The van der Waals surface area contributed by atoms with Crippen molar-refractivity contribution in [3.8, 4) is 11.1 Å². The molecular formula is C47H47F2N13O5S. The molecule has 8 heterocycles. The van der Waals surface area contributed by atoms with Crippen LogP contribution < -0.4 is 25.3 Å². The van der Waals surface area contributed by atoms with E-state index in [1.807, 2.05) is 38.6 Å². The van der Waals surface area contributed by atoms with Gasteiger partial charge in [0.2, 0.25) is 11.8 Å². The summed E-state index contributed by atoms with van der Waals surface area (Å²) in [6.45, 7) is 5.69. The molecule has 5 aliphatic rings. The molecule has 6 amide bonds. The summed E-state index contributed by atoms with van der Waals surface area (Å²) >= 11 is 1.27. The van der Waals surface area contributed by atoms with Gasteiger partial charge in [0.1, 0.15) is 11.6 Å². The first-order chi connectivity index (χ1) is 33.0. The standard InChI is InChI=1S/C47H47F2N13O5S/c1-55-37-24-38(35(49)23-32(37)43(54-55)61-11-8-39(63)52-47(61)67)58-14-12-56(13-15-58)26-40(64)59-18-16-57(17-19-59)30-6-4-28(5-7-30)29-21-31-33(34(48)22-29)25-62(45(31)66)42(44(65)53-46-50-9-20-68-46)41-36-3-2-10-60(36)27-51-41/h4-7,9,20-24,27,42H,2-3,8,10-19,25-26H2,1H3,(H,50,53,65)(H,52,63,67). The third-order valence-electron chi connectivity index (χ3n) is 13.8. The fourth-order valence-electron chi connectivity index (χ4n) is 10.1. The number of anilines is 4. The Morgan fingerprint density at radius 2 is 1.63 bits per heavy atom. The van der Waals surface area contributed by atoms with Gasteiger partial charge in [-0.3, -0.25) is 44.3 Å². The molecule has 11 rings (SSSR count). The third kappa shape index (κ3) is 7.87. The minimum absolute atomic E-state index is 0.0407. The number of urea groups is 1. The smallest absolute Gasteiger partial charge is 0.329 e. The monoisotopic (exact) mass is 943 g/mol. The van der Waals surface area contributed by atoms with Crippen molar-refractivity contribution in [1.29, 1.82) is 0 Å². The zero-order valence-corrected chi connectivity index (χ0v) is 38.0. The summed E-state index contributed by atoms with van der Waals surface area (Å²) in [5, 5.41) is 12.2. The maximum Gasteiger partial charge on any atom is 0.329 e. The van der Waals surface area contributed by atoms with E-state index in [2.05, 4.69) is 35.5 Å². The second-order valence-corrected chi connectivity index (χ2v) is 18.6. The summed E-state index contributed by atoms with van der Waals surface area (Å²) < 4.78 is 35.3. The van der Waals surface area contributed by atoms with Crippen LogP contribution in [0.15, 0.2) is 66.4 Å². The molecule has 0 aliphatic carbocycles. The quantitative estimate of drug-likeness (QED) is 0.200. The number of halogens is 2. The number of carbonyl (C=O) groups is 5. The minimum Gasteiger partial charge on any atom is -0.368 e. The second kappa shape index (κ2) is 17.4. The SMILES string of the molecule is Cn1nc(N2CCC(=O)NC2=O)c2cc(F)c(N3CCN(CC(=O)N4CCN(c5ccc(-c6cc(F)c7c(c6)C(=O)N(C(C(=O)Nc6nccs6)c6ncn8c6CCC8)C7)cc5)CC4)CC3)cc21. The average Bonchev–Trinajstić information content (AvgIpc) is 4.20. The highest BCUT2D eigenvalue weighted by Crippen LogP contribution is 2.39. The number of hydrogen-bond donors (Lipinski definition) is 2. The van der Waals surface area contributed by atoms with E-state index in [1.54, 1.807) is 41.8 Å². The lowest BCUT2D eigenvalue weighted by molar-refractivity contribution is -0.132. The van der Waals surface area contributed by atoms with E-state index in [9.17, 15) is 24.0 Å². The van der Waals surface area contributed by atoms with E-state index in [0.29, 0.717) is 91.2 Å². The molecule has 3 saturated heterocycles. The van der Waals surface area contributed by atoms with Crippen LogP contribution in [0.3, 0.4) is 0 Å². The van der Waals surface area contributed by atoms with Crippen LogP contribution in [0, 0.1) is 11.6 Å². The Morgan fingerprint density at radius 1 is 0.853 bits per heavy atom. The summed E-state index contributed by atoms with van der Waals surface area (Å²) in [6.07, 6.45) is 5.05. The van der Waals surface area contributed by atoms with Gasteiger partial charge in [0.05, 0.1) is 36.3 Å². The summed E-state index contributed by atoms with van der Waals surface area (Å²) in [4.78, 5) is 85.4. The molecule has 68 heavy (non-hydrogen) atoms. The lowest BCUT2D eigenvalue weighted by atomic mass is 9.99. The van der Waals surface area contributed by atoms with Crippen LogP contribution in [-0.2, 0) is 40.9 Å². The van der Waals surface area contributed by atoms with Crippen molar-refractivity contribution in [1.82, 2.24) is 44.3 Å². The van der Waals surface area contributed by atoms with Gasteiger partial charge in [-0.25, -0.2) is 23.5 Å². The van der Waals surface area contributed by atoms with E-state index in [0.717, 1.165) is 36.3 Å². The Bertz CT molecular complexity index is 3000. The molecule has 3 aromatic carbocycles. The highest BCUT2D eigenvalue weighted by Gasteiger charge is 2.42. The van der Waals surface area contributed by atoms with Crippen LogP contribution in [0.5, 0.6) is 0 Å². The van der Waals surface area contributed by atoms with E-state index in [1.165, 1.54) is 33.3 Å². The Balaban J connectivity index is 0.695. The van der Waals surface area contributed by atoms with Crippen molar-refractivity contribution in [2.24, 2.45) is 7.05 Å². The van der Waals surface area contributed by atoms with Gasteiger partial charge in [-0.2, -0.15) is 5.10 Å². The molecule has 1 unspecified atom stereocenters. The molecule has 5 aliphatic heterocycles. The highest BCUT2D eigenvalue weighted by atomic mass is 32.1. The van der Waals surface area contributed by atoms with Crippen molar-refractivity contribution in [2.75, 3.05) is 85.5 Å². The Kier molecular flexibility index (Phi) is 11.1. The van der Waals surface area contributed by atoms with Crippen molar-refractivity contribution in [3.05, 3.63) is 101 Å². The summed E-state index contributed by atoms with van der Waals surface area (Å²) in [5.41, 5.74) is 5.18. The predicted octanol–water partition coefficient (Wildman–Crippen LogP) is 4.37. The van der Waals surface area contributed by atoms with E-state index < -0.39 is 35.5 Å². The molecule has 21 heteroatoms. The first-order valence-corrected chi connectivity index (χ1v) is 23.6. The van der Waals surface area contributed by atoms with Crippen molar-refractivity contribution in [3.63, 3.8) is 0 Å². The van der Waals surface area contributed by atoms with E-state index >= 15 is 8.78 Å².